The summed E-state index contributed by atoms with van der Waals surface area (Å²) in [4.78, 5) is 2.32. The maximum Gasteiger partial charge on any atom is 0.121 e. The Balaban J connectivity index is 2.09. The van der Waals surface area contributed by atoms with Crippen molar-refractivity contribution in [2.45, 2.75) is 26.4 Å². The van der Waals surface area contributed by atoms with Gasteiger partial charge in [-0.3, -0.25) is 4.90 Å². The number of hydrogen-bond acceptors (Lipinski definition) is 3. The molecule has 0 spiro atoms. The number of benzene rings is 1. The van der Waals surface area contributed by atoms with Crippen molar-refractivity contribution >= 4 is 0 Å². The molecule has 1 saturated heterocycles. The number of phenolic OH excluding ortho intramolecular Hbond substituents is 1. The molecule has 0 amide bonds. The van der Waals surface area contributed by atoms with Crippen LogP contribution < -0.4 is 5.73 Å². The monoisotopic (exact) mass is 206 g/mol. The maximum atomic E-state index is 9.64. The van der Waals surface area contributed by atoms with Gasteiger partial charge in [0, 0.05) is 25.7 Å². The highest BCUT2D eigenvalue weighted by atomic mass is 16.3. The minimum atomic E-state index is 0.351. The standard InChI is InChI=1S/C12H18N2O/c1-8-3-10(4-9(2)12(8)15)5-14-6-11(13)7-14/h3-4,11,15H,5-7,13H2,1-2H3. The van der Waals surface area contributed by atoms with Crippen LogP contribution in [0.15, 0.2) is 12.1 Å². The third-order valence-electron chi connectivity index (χ3n) is 2.94. The average Bonchev–Trinajstić information content (AvgIpc) is 2.11. The summed E-state index contributed by atoms with van der Waals surface area (Å²) in [6, 6.07) is 4.45. The van der Waals surface area contributed by atoms with Crippen molar-refractivity contribution in [2.24, 2.45) is 5.73 Å². The zero-order chi connectivity index (χ0) is 11.0. The van der Waals surface area contributed by atoms with Gasteiger partial charge in [-0.2, -0.15) is 0 Å². The van der Waals surface area contributed by atoms with E-state index in [0.717, 1.165) is 30.8 Å². The first-order valence-corrected chi connectivity index (χ1v) is 5.33. The van der Waals surface area contributed by atoms with E-state index in [0.29, 0.717) is 11.8 Å². The van der Waals surface area contributed by atoms with Gasteiger partial charge in [0.15, 0.2) is 0 Å². The van der Waals surface area contributed by atoms with Crippen molar-refractivity contribution < 1.29 is 5.11 Å². The molecule has 0 saturated carbocycles. The fourth-order valence-electron chi connectivity index (χ4n) is 2.13. The Kier molecular flexibility index (Phi) is 2.67. The van der Waals surface area contributed by atoms with Gasteiger partial charge in [-0.05, 0) is 30.5 Å². The van der Waals surface area contributed by atoms with E-state index in [-0.39, 0.29) is 0 Å². The molecule has 1 aromatic rings. The zero-order valence-electron chi connectivity index (χ0n) is 9.33. The number of hydrogen-bond donors (Lipinski definition) is 2. The van der Waals surface area contributed by atoms with Crippen molar-refractivity contribution in [3.8, 4) is 5.75 Å². The summed E-state index contributed by atoms with van der Waals surface area (Å²) in [6.45, 7) is 6.79. The lowest BCUT2D eigenvalue weighted by atomic mass is 10.0. The van der Waals surface area contributed by atoms with E-state index in [9.17, 15) is 5.11 Å². The molecule has 1 aromatic carbocycles. The van der Waals surface area contributed by atoms with Gasteiger partial charge in [0.1, 0.15) is 5.75 Å². The number of aryl methyl sites for hydroxylation is 2. The summed E-state index contributed by atoms with van der Waals surface area (Å²) in [5.41, 5.74) is 8.89. The Morgan fingerprint density at radius 1 is 1.33 bits per heavy atom. The van der Waals surface area contributed by atoms with E-state index in [1.165, 1.54) is 5.56 Å². The Bertz CT molecular complexity index is 347. The summed E-state index contributed by atoms with van der Waals surface area (Å²) >= 11 is 0. The molecule has 0 unspecified atom stereocenters. The van der Waals surface area contributed by atoms with Crippen LogP contribution in [0.1, 0.15) is 16.7 Å². The number of aromatic hydroxyl groups is 1. The number of rotatable bonds is 2. The highest BCUT2D eigenvalue weighted by Crippen LogP contribution is 2.24. The molecule has 1 heterocycles. The van der Waals surface area contributed by atoms with E-state index in [1.54, 1.807) is 0 Å². The molecule has 0 radical (unpaired) electrons. The molecule has 0 aliphatic carbocycles. The Morgan fingerprint density at radius 2 is 1.87 bits per heavy atom. The molecule has 0 atom stereocenters. The lowest BCUT2D eigenvalue weighted by Gasteiger charge is -2.36. The quantitative estimate of drug-likeness (QED) is 0.763. The van der Waals surface area contributed by atoms with Gasteiger partial charge < -0.3 is 10.8 Å². The molecule has 82 valence electrons. The van der Waals surface area contributed by atoms with Crippen LogP contribution in [0.25, 0.3) is 0 Å². The van der Waals surface area contributed by atoms with Gasteiger partial charge >= 0.3 is 0 Å². The first-order valence-electron chi connectivity index (χ1n) is 5.33. The molecule has 3 nitrogen and oxygen atoms in total. The molecule has 3 N–H and O–H groups in total. The summed E-state index contributed by atoms with van der Waals surface area (Å²) in [5, 5.41) is 9.64. The highest BCUT2D eigenvalue weighted by molar-refractivity contribution is 5.42. The van der Waals surface area contributed by atoms with Crippen LogP contribution in [0.5, 0.6) is 5.75 Å². The molecule has 1 aliphatic heterocycles. The minimum Gasteiger partial charge on any atom is -0.507 e. The molecular weight excluding hydrogens is 188 g/mol. The van der Waals surface area contributed by atoms with Crippen molar-refractivity contribution in [1.82, 2.24) is 4.90 Å². The molecule has 0 bridgehead atoms. The predicted molar refractivity (Wildman–Crippen MR) is 60.8 cm³/mol. The van der Waals surface area contributed by atoms with Crippen LogP contribution in [0.4, 0.5) is 0 Å². The lowest BCUT2D eigenvalue weighted by molar-refractivity contribution is 0.142. The lowest BCUT2D eigenvalue weighted by Crippen LogP contribution is -2.54. The molecule has 1 fully saturated rings. The second kappa shape index (κ2) is 3.83. The largest absolute Gasteiger partial charge is 0.507 e. The van der Waals surface area contributed by atoms with Gasteiger partial charge in [-0.15, -0.1) is 0 Å². The minimum absolute atomic E-state index is 0.351. The second-order valence-electron chi connectivity index (χ2n) is 4.53. The van der Waals surface area contributed by atoms with E-state index in [1.807, 2.05) is 26.0 Å². The van der Waals surface area contributed by atoms with Gasteiger partial charge in [0.2, 0.25) is 0 Å². The van der Waals surface area contributed by atoms with Gasteiger partial charge in [0.05, 0.1) is 0 Å². The Labute approximate surface area is 90.5 Å². The van der Waals surface area contributed by atoms with Crippen LogP contribution in [-0.4, -0.2) is 29.1 Å². The van der Waals surface area contributed by atoms with E-state index < -0.39 is 0 Å². The van der Waals surface area contributed by atoms with Gasteiger partial charge in [0.25, 0.3) is 0 Å². The third kappa shape index (κ3) is 2.13. The van der Waals surface area contributed by atoms with Gasteiger partial charge in [-0.1, -0.05) is 12.1 Å². The molecular formula is C12H18N2O. The van der Waals surface area contributed by atoms with Crippen molar-refractivity contribution in [3.05, 3.63) is 28.8 Å². The first-order chi connectivity index (χ1) is 7.06. The highest BCUT2D eigenvalue weighted by Gasteiger charge is 2.22. The summed E-state index contributed by atoms with van der Waals surface area (Å²) in [6.07, 6.45) is 0. The Morgan fingerprint density at radius 3 is 2.33 bits per heavy atom. The molecule has 0 aromatic heterocycles. The normalized spacial score (nSPS) is 17.8. The van der Waals surface area contributed by atoms with Crippen LogP contribution in [0.2, 0.25) is 0 Å². The summed E-state index contributed by atoms with van der Waals surface area (Å²) < 4.78 is 0. The smallest absolute Gasteiger partial charge is 0.121 e. The molecule has 1 aliphatic rings. The zero-order valence-corrected chi connectivity index (χ0v) is 9.33. The van der Waals surface area contributed by atoms with Crippen molar-refractivity contribution in [2.75, 3.05) is 13.1 Å². The van der Waals surface area contributed by atoms with E-state index >= 15 is 0 Å². The van der Waals surface area contributed by atoms with Crippen molar-refractivity contribution in [3.63, 3.8) is 0 Å². The SMILES string of the molecule is Cc1cc(CN2CC(N)C2)cc(C)c1O. The number of nitrogens with zero attached hydrogens (tertiary/aromatic N) is 1. The molecule has 2 rings (SSSR count). The first kappa shape index (κ1) is 10.5. The summed E-state index contributed by atoms with van der Waals surface area (Å²) in [5.74, 6) is 0.416. The van der Waals surface area contributed by atoms with Crippen LogP contribution in [0, 0.1) is 13.8 Å². The number of nitrogens with two attached hydrogens (primary N) is 1. The summed E-state index contributed by atoms with van der Waals surface area (Å²) in [7, 11) is 0. The molecule has 3 heteroatoms. The van der Waals surface area contributed by atoms with Crippen LogP contribution >= 0.6 is 0 Å². The third-order valence-corrected chi connectivity index (χ3v) is 2.94. The second-order valence-corrected chi connectivity index (χ2v) is 4.53. The van der Waals surface area contributed by atoms with E-state index in [2.05, 4.69) is 4.90 Å². The van der Waals surface area contributed by atoms with Crippen molar-refractivity contribution in [1.29, 1.82) is 0 Å². The van der Waals surface area contributed by atoms with Crippen LogP contribution in [0.3, 0.4) is 0 Å². The fourth-order valence-corrected chi connectivity index (χ4v) is 2.13. The van der Waals surface area contributed by atoms with Crippen LogP contribution in [-0.2, 0) is 6.54 Å². The Hall–Kier alpha value is -1.06. The van der Waals surface area contributed by atoms with Gasteiger partial charge in [-0.25, -0.2) is 0 Å². The fraction of sp³-hybridized carbons (Fsp3) is 0.500. The topological polar surface area (TPSA) is 49.5 Å². The van der Waals surface area contributed by atoms with E-state index in [4.69, 9.17) is 5.73 Å². The number of likely N-dealkylation sites (tertiary alicyclic amines) is 1. The predicted octanol–water partition coefficient (Wildman–Crippen LogP) is 1.15. The maximum absolute atomic E-state index is 9.64. The number of phenols is 1. The molecule has 15 heavy (non-hydrogen) atoms. The average molecular weight is 206 g/mol.